The van der Waals surface area contributed by atoms with Gasteiger partial charge in [0.1, 0.15) is 15.9 Å². The Bertz CT molecular complexity index is 292. The van der Waals surface area contributed by atoms with Gasteiger partial charge < -0.3 is 5.73 Å². The maximum Gasteiger partial charge on any atom is 0.150 e. The first kappa shape index (κ1) is 7.12. The first-order valence-electron chi connectivity index (χ1n) is 3.25. The van der Waals surface area contributed by atoms with Crippen LogP contribution in [0.25, 0.3) is 0 Å². The molecule has 0 unspecified atom stereocenters. The number of rotatable bonds is 1. The quantitative estimate of drug-likeness (QED) is 0.715. The summed E-state index contributed by atoms with van der Waals surface area (Å²) in [6.45, 7) is 0.916. The summed E-state index contributed by atoms with van der Waals surface area (Å²) in [7, 11) is 0. The van der Waals surface area contributed by atoms with E-state index in [0.717, 1.165) is 22.3 Å². The fourth-order valence-corrected chi connectivity index (χ4v) is 2.51. The lowest BCUT2D eigenvalue weighted by Gasteiger charge is -1.89. The zero-order chi connectivity index (χ0) is 7.68. The Labute approximate surface area is 72.7 Å². The average molecular weight is 185 g/mol. The minimum absolute atomic E-state index is 0.597. The number of nitrogen functional groups attached to an aromatic ring is 1. The number of thiazole rings is 1. The molecule has 2 rings (SSSR count). The SMILES string of the molecule is Nc1csc(C2=NCCS2)n1. The fraction of sp³-hybridized carbons (Fsp3) is 0.333. The minimum Gasteiger partial charge on any atom is -0.383 e. The smallest absolute Gasteiger partial charge is 0.150 e. The van der Waals surface area contributed by atoms with Crippen molar-refractivity contribution in [2.75, 3.05) is 18.0 Å². The molecule has 0 atom stereocenters. The van der Waals surface area contributed by atoms with Crippen LogP contribution < -0.4 is 5.73 Å². The lowest BCUT2D eigenvalue weighted by atomic mass is 10.7. The van der Waals surface area contributed by atoms with Gasteiger partial charge in [0.25, 0.3) is 0 Å². The molecular formula is C6H7N3S2. The van der Waals surface area contributed by atoms with Gasteiger partial charge >= 0.3 is 0 Å². The van der Waals surface area contributed by atoms with Crippen LogP contribution in [-0.4, -0.2) is 22.3 Å². The van der Waals surface area contributed by atoms with Crippen molar-refractivity contribution in [3.8, 4) is 0 Å². The first-order chi connectivity index (χ1) is 5.36. The van der Waals surface area contributed by atoms with Crippen molar-refractivity contribution < 1.29 is 0 Å². The summed E-state index contributed by atoms with van der Waals surface area (Å²) in [5.74, 6) is 1.68. The summed E-state index contributed by atoms with van der Waals surface area (Å²) in [6.07, 6.45) is 0. The highest BCUT2D eigenvalue weighted by molar-refractivity contribution is 8.14. The largest absolute Gasteiger partial charge is 0.383 e. The van der Waals surface area contributed by atoms with Gasteiger partial charge in [-0.15, -0.1) is 23.1 Å². The molecule has 11 heavy (non-hydrogen) atoms. The third kappa shape index (κ3) is 1.39. The number of anilines is 1. The van der Waals surface area contributed by atoms with Gasteiger partial charge in [-0.2, -0.15) is 0 Å². The highest BCUT2D eigenvalue weighted by Gasteiger charge is 2.12. The maximum atomic E-state index is 5.48. The Kier molecular flexibility index (Phi) is 1.83. The molecule has 5 heteroatoms. The summed E-state index contributed by atoms with van der Waals surface area (Å²) >= 11 is 3.31. The number of hydrogen-bond donors (Lipinski definition) is 1. The van der Waals surface area contributed by atoms with Crippen LogP contribution >= 0.6 is 23.1 Å². The molecular weight excluding hydrogens is 178 g/mol. The van der Waals surface area contributed by atoms with Crippen LogP contribution in [0.2, 0.25) is 0 Å². The lowest BCUT2D eigenvalue weighted by molar-refractivity contribution is 1.17. The molecule has 1 aliphatic rings. The molecule has 0 spiro atoms. The van der Waals surface area contributed by atoms with E-state index in [2.05, 4.69) is 9.98 Å². The van der Waals surface area contributed by atoms with E-state index in [0.29, 0.717) is 5.82 Å². The van der Waals surface area contributed by atoms with Crippen LogP contribution in [0.4, 0.5) is 5.82 Å². The van der Waals surface area contributed by atoms with E-state index in [1.807, 2.05) is 5.38 Å². The van der Waals surface area contributed by atoms with Crippen molar-refractivity contribution in [3.63, 3.8) is 0 Å². The van der Waals surface area contributed by atoms with Gasteiger partial charge in [-0.3, -0.25) is 4.99 Å². The van der Waals surface area contributed by atoms with E-state index in [4.69, 9.17) is 5.73 Å². The van der Waals surface area contributed by atoms with Crippen LogP contribution in [0, 0.1) is 0 Å². The number of nitrogens with two attached hydrogens (primary N) is 1. The van der Waals surface area contributed by atoms with Crippen LogP contribution in [0.3, 0.4) is 0 Å². The van der Waals surface area contributed by atoms with Gasteiger partial charge in [0.15, 0.2) is 0 Å². The van der Waals surface area contributed by atoms with Crippen LogP contribution in [0.15, 0.2) is 10.4 Å². The van der Waals surface area contributed by atoms with Crippen molar-refractivity contribution in [1.29, 1.82) is 0 Å². The number of aromatic nitrogens is 1. The van der Waals surface area contributed by atoms with Crippen molar-refractivity contribution in [3.05, 3.63) is 10.4 Å². The number of nitrogens with zero attached hydrogens (tertiary/aromatic N) is 2. The summed E-state index contributed by atoms with van der Waals surface area (Å²) < 4.78 is 0. The van der Waals surface area contributed by atoms with Gasteiger partial charge in [-0.1, -0.05) is 0 Å². The molecule has 2 N–H and O–H groups in total. The predicted octanol–water partition coefficient (Wildman–Crippen LogP) is 1.22. The van der Waals surface area contributed by atoms with Gasteiger partial charge in [0.05, 0.1) is 0 Å². The molecule has 1 aromatic heterocycles. The number of aliphatic imine (C=N–C) groups is 1. The molecule has 58 valence electrons. The fourth-order valence-electron chi connectivity index (χ4n) is 0.849. The number of hydrogen-bond acceptors (Lipinski definition) is 5. The summed E-state index contributed by atoms with van der Waals surface area (Å²) in [6, 6.07) is 0. The summed E-state index contributed by atoms with van der Waals surface area (Å²) in [5, 5.41) is 3.85. The Morgan fingerprint density at radius 3 is 3.00 bits per heavy atom. The molecule has 3 nitrogen and oxygen atoms in total. The van der Waals surface area contributed by atoms with Crippen LogP contribution in [0.1, 0.15) is 5.01 Å². The second-order valence-electron chi connectivity index (χ2n) is 2.11. The molecule has 2 heterocycles. The second kappa shape index (κ2) is 2.83. The van der Waals surface area contributed by atoms with Crippen LogP contribution in [0.5, 0.6) is 0 Å². The Morgan fingerprint density at radius 2 is 2.45 bits per heavy atom. The van der Waals surface area contributed by atoms with E-state index in [1.165, 1.54) is 0 Å². The highest BCUT2D eigenvalue weighted by atomic mass is 32.2. The van der Waals surface area contributed by atoms with E-state index in [-0.39, 0.29) is 0 Å². The highest BCUT2D eigenvalue weighted by Crippen LogP contribution is 2.22. The van der Waals surface area contributed by atoms with Gasteiger partial charge in [0, 0.05) is 17.7 Å². The van der Waals surface area contributed by atoms with Crippen molar-refractivity contribution >= 4 is 34.0 Å². The first-order valence-corrected chi connectivity index (χ1v) is 5.11. The zero-order valence-electron chi connectivity index (χ0n) is 5.78. The average Bonchev–Trinajstić information content (AvgIpc) is 2.55. The van der Waals surface area contributed by atoms with Crippen LogP contribution in [-0.2, 0) is 0 Å². The molecule has 0 aromatic carbocycles. The Morgan fingerprint density at radius 1 is 1.55 bits per heavy atom. The molecule has 0 saturated carbocycles. The van der Waals surface area contributed by atoms with E-state index < -0.39 is 0 Å². The number of thioether (sulfide) groups is 1. The maximum absolute atomic E-state index is 5.48. The van der Waals surface area contributed by atoms with E-state index >= 15 is 0 Å². The molecule has 0 aliphatic carbocycles. The Hall–Kier alpha value is -0.550. The Balaban J connectivity index is 2.28. The normalized spacial score (nSPS) is 16.9. The molecule has 1 aliphatic heterocycles. The van der Waals surface area contributed by atoms with E-state index in [9.17, 15) is 0 Å². The molecule has 0 saturated heterocycles. The predicted molar refractivity (Wildman–Crippen MR) is 50.4 cm³/mol. The standard InChI is InChI=1S/C6H7N3S2/c7-4-3-11-6(9-4)5-8-1-2-10-5/h3H,1-2,7H2. The van der Waals surface area contributed by atoms with Gasteiger partial charge in [-0.05, 0) is 0 Å². The third-order valence-corrected chi connectivity index (χ3v) is 3.27. The van der Waals surface area contributed by atoms with E-state index in [1.54, 1.807) is 23.1 Å². The summed E-state index contributed by atoms with van der Waals surface area (Å²) in [4.78, 5) is 8.43. The topological polar surface area (TPSA) is 51.3 Å². The molecule has 0 radical (unpaired) electrons. The molecule has 0 bridgehead atoms. The van der Waals surface area contributed by atoms with Crippen molar-refractivity contribution in [2.45, 2.75) is 0 Å². The zero-order valence-corrected chi connectivity index (χ0v) is 7.41. The van der Waals surface area contributed by atoms with Crippen molar-refractivity contribution in [1.82, 2.24) is 4.98 Å². The van der Waals surface area contributed by atoms with Gasteiger partial charge in [-0.25, -0.2) is 4.98 Å². The van der Waals surface area contributed by atoms with Crippen molar-refractivity contribution in [2.24, 2.45) is 4.99 Å². The molecule has 1 aromatic rings. The summed E-state index contributed by atoms with van der Waals surface area (Å²) in [5.41, 5.74) is 5.48. The molecule has 0 amide bonds. The molecule has 0 fully saturated rings. The minimum atomic E-state index is 0.597. The lowest BCUT2D eigenvalue weighted by Crippen LogP contribution is -1.91. The van der Waals surface area contributed by atoms with Gasteiger partial charge in [0.2, 0.25) is 0 Å². The second-order valence-corrected chi connectivity index (χ2v) is 4.05. The monoisotopic (exact) mass is 185 g/mol. The third-order valence-electron chi connectivity index (χ3n) is 1.29.